The van der Waals surface area contributed by atoms with Crippen LogP contribution in [0.4, 0.5) is 8.78 Å². The van der Waals surface area contributed by atoms with E-state index in [-0.39, 0.29) is 28.7 Å². The van der Waals surface area contributed by atoms with E-state index < -0.39 is 11.6 Å². The van der Waals surface area contributed by atoms with Crippen molar-refractivity contribution >= 4 is 5.78 Å². The maximum atomic E-state index is 13.8. The zero-order chi connectivity index (χ0) is 14.3. The van der Waals surface area contributed by atoms with Crippen LogP contribution in [0.3, 0.4) is 0 Å². The average molecular weight is 272 g/mol. The van der Waals surface area contributed by atoms with Crippen LogP contribution in [0.25, 0.3) is 0 Å². The lowest BCUT2D eigenvalue weighted by Gasteiger charge is -2.05. The van der Waals surface area contributed by atoms with Crippen molar-refractivity contribution in [3.63, 3.8) is 0 Å². The molecule has 1 aliphatic rings. The third-order valence-corrected chi connectivity index (χ3v) is 3.90. The van der Waals surface area contributed by atoms with Gasteiger partial charge in [0.05, 0.1) is 5.56 Å². The van der Waals surface area contributed by atoms with Crippen LogP contribution in [0.1, 0.15) is 33.8 Å². The van der Waals surface area contributed by atoms with E-state index in [2.05, 4.69) is 0 Å². The number of benzene rings is 2. The summed E-state index contributed by atoms with van der Waals surface area (Å²) in [5.41, 5.74) is 1.17. The SMILES string of the molecule is Cc1ccc(C(=O)C2CC2c2ccccc2)c(F)c1F. The number of hydrogen-bond donors (Lipinski definition) is 0. The molecule has 1 fully saturated rings. The van der Waals surface area contributed by atoms with Gasteiger partial charge in [-0.2, -0.15) is 0 Å². The normalized spacial score (nSPS) is 20.8. The van der Waals surface area contributed by atoms with Gasteiger partial charge in [0, 0.05) is 5.92 Å². The highest BCUT2D eigenvalue weighted by molar-refractivity contribution is 6.00. The standard InChI is InChI=1S/C17H14F2O/c1-10-7-8-12(16(19)15(10)18)17(20)14-9-13(14)11-5-3-2-4-6-11/h2-8,13-14H,9H2,1H3. The van der Waals surface area contributed by atoms with Crippen molar-refractivity contribution in [1.82, 2.24) is 0 Å². The summed E-state index contributed by atoms with van der Waals surface area (Å²) in [6, 6.07) is 12.5. The van der Waals surface area contributed by atoms with Crippen molar-refractivity contribution in [3.05, 3.63) is 70.8 Å². The van der Waals surface area contributed by atoms with E-state index in [1.165, 1.54) is 19.1 Å². The zero-order valence-corrected chi connectivity index (χ0v) is 11.1. The molecule has 2 aromatic carbocycles. The first-order valence-corrected chi connectivity index (χ1v) is 6.63. The Balaban J connectivity index is 1.84. The van der Waals surface area contributed by atoms with Crippen molar-refractivity contribution in [3.8, 4) is 0 Å². The van der Waals surface area contributed by atoms with Crippen LogP contribution in [0.15, 0.2) is 42.5 Å². The molecule has 0 heterocycles. The fraction of sp³-hybridized carbons (Fsp3) is 0.235. The van der Waals surface area contributed by atoms with Crippen molar-refractivity contribution in [2.24, 2.45) is 5.92 Å². The Bertz CT molecular complexity index is 664. The highest BCUT2D eigenvalue weighted by atomic mass is 19.2. The summed E-state index contributed by atoms with van der Waals surface area (Å²) in [6.07, 6.45) is 0.706. The van der Waals surface area contributed by atoms with Gasteiger partial charge in [-0.25, -0.2) is 8.78 Å². The van der Waals surface area contributed by atoms with Gasteiger partial charge in [0.2, 0.25) is 0 Å². The molecule has 102 valence electrons. The molecular formula is C17H14F2O. The molecule has 0 saturated heterocycles. The number of carbonyl (C=O) groups is 1. The summed E-state index contributed by atoms with van der Waals surface area (Å²) in [6.45, 7) is 1.48. The lowest BCUT2D eigenvalue weighted by atomic mass is 10.0. The van der Waals surface area contributed by atoms with E-state index in [1.807, 2.05) is 30.3 Å². The monoisotopic (exact) mass is 272 g/mol. The van der Waals surface area contributed by atoms with Crippen molar-refractivity contribution in [1.29, 1.82) is 0 Å². The topological polar surface area (TPSA) is 17.1 Å². The summed E-state index contributed by atoms with van der Waals surface area (Å²) in [5, 5.41) is 0. The Morgan fingerprint density at radius 2 is 1.75 bits per heavy atom. The van der Waals surface area contributed by atoms with E-state index in [9.17, 15) is 13.6 Å². The number of rotatable bonds is 3. The molecule has 3 rings (SSSR count). The molecule has 1 nitrogen and oxygen atoms in total. The zero-order valence-electron chi connectivity index (χ0n) is 11.1. The first-order chi connectivity index (χ1) is 9.59. The number of carbonyl (C=O) groups excluding carboxylic acids is 1. The molecule has 0 bridgehead atoms. The maximum Gasteiger partial charge on any atom is 0.169 e. The minimum absolute atomic E-state index is 0.128. The van der Waals surface area contributed by atoms with E-state index >= 15 is 0 Å². The van der Waals surface area contributed by atoms with E-state index in [0.717, 1.165) is 5.56 Å². The quantitative estimate of drug-likeness (QED) is 0.763. The Kier molecular flexibility index (Phi) is 3.13. The smallest absolute Gasteiger partial charge is 0.169 e. The number of hydrogen-bond acceptors (Lipinski definition) is 1. The van der Waals surface area contributed by atoms with Gasteiger partial charge in [0.1, 0.15) is 0 Å². The highest BCUT2D eigenvalue weighted by Gasteiger charge is 2.44. The molecule has 20 heavy (non-hydrogen) atoms. The molecule has 0 radical (unpaired) electrons. The lowest BCUT2D eigenvalue weighted by Crippen LogP contribution is -2.08. The summed E-state index contributed by atoms with van der Waals surface area (Å²) < 4.78 is 27.4. The predicted molar refractivity (Wildman–Crippen MR) is 72.7 cm³/mol. The van der Waals surface area contributed by atoms with Crippen LogP contribution in [0.5, 0.6) is 0 Å². The van der Waals surface area contributed by atoms with Gasteiger partial charge < -0.3 is 0 Å². The summed E-state index contributed by atoms with van der Waals surface area (Å²) in [4.78, 5) is 12.3. The molecular weight excluding hydrogens is 258 g/mol. The Hall–Kier alpha value is -2.03. The fourth-order valence-electron chi connectivity index (χ4n) is 2.59. The minimum Gasteiger partial charge on any atom is -0.294 e. The molecule has 0 aromatic heterocycles. The molecule has 0 aliphatic heterocycles. The number of halogens is 2. The first kappa shape index (κ1) is 13.0. The third kappa shape index (κ3) is 2.13. The van der Waals surface area contributed by atoms with Gasteiger partial charge in [-0.15, -0.1) is 0 Å². The van der Waals surface area contributed by atoms with Gasteiger partial charge in [0.15, 0.2) is 17.4 Å². The predicted octanol–water partition coefficient (Wildman–Crippen LogP) is 4.26. The molecule has 1 saturated carbocycles. The van der Waals surface area contributed by atoms with Crippen LogP contribution in [0, 0.1) is 24.5 Å². The van der Waals surface area contributed by atoms with Gasteiger partial charge in [-0.3, -0.25) is 4.79 Å². The third-order valence-electron chi connectivity index (χ3n) is 3.90. The molecule has 1 aliphatic carbocycles. The Labute approximate surface area is 116 Å². The van der Waals surface area contributed by atoms with Crippen LogP contribution < -0.4 is 0 Å². The molecule has 2 aromatic rings. The van der Waals surface area contributed by atoms with Crippen molar-refractivity contribution < 1.29 is 13.6 Å². The van der Waals surface area contributed by atoms with Gasteiger partial charge >= 0.3 is 0 Å². The highest BCUT2D eigenvalue weighted by Crippen LogP contribution is 2.49. The molecule has 2 atom stereocenters. The fourth-order valence-corrected chi connectivity index (χ4v) is 2.59. The van der Waals surface area contributed by atoms with Crippen LogP contribution in [-0.2, 0) is 0 Å². The molecule has 3 heteroatoms. The van der Waals surface area contributed by atoms with Crippen molar-refractivity contribution in [2.45, 2.75) is 19.3 Å². The minimum atomic E-state index is -1.02. The first-order valence-electron chi connectivity index (χ1n) is 6.63. The lowest BCUT2D eigenvalue weighted by molar-refractivity contribution is 0.0960. The van der Waals surface area contributed by atoms with Gasteiger partial charge in [-0.05, 0) is 36.5 Å². The summed E-state index contributed by atoms with van der Waals surface area (Å²) >= 11 is 0. The van der Waals surface area contributed by atoms with Gasteiger partial charge in [-0.1, -0.05) is 36.4 Å². The Morgan fingerprint density at radius 3 is 2.45 bits per heavy atom. The van der Waals surface area contributed by atoms with Crippen LogP contribution in [0.2, 0.25) is 0 Å². The molecule has 2 unspecified atom stereocenters. The molecule has 0 spiro atoms. The second-order valence-electron chi connectivity index (χ2n) is 5.28. The van der Waals surface area contributed by atoms with E-state index in [0.29, 0.717) is 6.42 Å². The van der Waals surface area contributed by atoms with Crippen molar-refractivity contribution in [2.75, 3.05) is 0 Å². The summed E-state index contributed by atoms with van der Waals surface area (Å²) in [5.74, 6) is -2.34. The number of Topliss-reactive ketones (excluding diaryl/α,β-unsaturated/α-hetero) is 1. The molecule has 0 amide bonds. The maximum absolute atomic E-state index is 13.8. The number of ketones is 1. The van der Waals surface area contributed by atoms with E-state index in [4.69, 9.17) is 0 Å². The summed E-state index contributed by atoms with van der Waals surface area (Å²) in [7, 11) is 0. The molecule has 0 N–H and O–H groups in total. The number of aryl methyl sites for hydroxylation is 1. The van der Waals surface area contributed by atoms with Gasteiger partial charge in [0.25, 0.3) is 0 Å². The van der Waals surface area contributed by atoms with Crippen LogP contribution >= 0.6 is 0 Å². The van der Waals surface area contributed by atoms with E-state index in [1.54, 1.807) is 0 Å². The second-order valence-corrected chi connectivity index (χ2v) is 5.28. The average Bonchev–Trinajstić information content (AvgIpc) is 3.26. The second kappa shape index (κ2) is 4.82. The van der Waals surface area contributed by atoms with Crippen LogP contribution in [-0.4, -0.2) is 5.78 Å². The largest absolute Gasteiger partial charge is 0.294 e. The Morgan fingerprint density at radius 1 is 1.05 bits per heavy atom.